The highest BCUT2D eigenvalue weighted by Crippen LogP contribution is 1.97. The molecule has 0 spiro atoms. The summed E-state index contributed by atoms with van der Waals surface area (Å²) < 4.78 is 4.96. The maximum absolute atomic E-state index is 11.1. The largest absolute Gasteiger partial charge is 0.479 e. The molecule has 1 unspecified atom stereocenters. The van der Waals surface area contributed by atoms with Crippen molar-refractivity contribution in [2.24, 2.45) is 0 Å². The third kappa shape index (κ3) is 4.01. The summed E-state index contributed by atoms with van der Waals surface area (Å²) in [5, 5.41) is 21.8. The minimum absolute atomic E-state index is 0.196. The number of aliphatic carboxylic acids is 1. The number of carbonyl (C=O) groups excluding carboxylic acids is 1. The molecule has 1 heterocycles. The fraction of sp³-hybridized carbons (Fsp3) is 0.333. The zero-order chi connectivity index (χ0) is 12.0. The molecule has 0 aliphatic carbocycles. The quantitative estimate of drug-likeness (QED) is 0.544. The van der Waals surface area contributed by atoms with Crippen molar-refractivity contribution < 1.29 is 24.2 Å². The van der Waals surface area contributed by atoms with Gasteiger partial charge in [0.1, 0.15) is 5.76 Å². The van der Waals surface area contributed by atoms with Gasteiger partial charge in [0, 0.05) is 0 Å². The highest BCUT2D eigenvalue weighted by molar-refractivity contribution is 5.76. The Kier molecular flexibility index (Phi) is 4.34. The molecule has 0 radical (unpaired) electrons. The van der Waals surface area contributed by atoms with E-state index in [1.807, 2.05) is 0 Å². The van der Waals surface area contributed by atoms with Crippen LogP contribution in [0.25, 0.3) is 0 Å². The van der Waals surface area contributed by atoms with Gasteiger partial charge in [-0.1, -0.05) is 0 Å². The molecule has 1 aromatic rings. The number of nitrogens with one attached hydrogen (secondary N) is 2. The smallest absolute Gasteiger partial charge is 0.334 e. The summed E-state index contributed by atoms with van der Waals surface area (Å²) in [5.41, 5.74) is 0. The molecule has 0 bridgehead atoms. The van der Waals surface area contributed by atoms with E-state index in [4.69, 9.17) is 14.6 Å². The number of furan rings is 1. The van der Waals surface area contributed by atoms with Gasteiger partial charge in [-0.15, -0.1) is 0 Å². The molecule has 88 valence electrons. The van der Waals surface area contributed by atoms with E-state index < -0.39 is 18.1 Å². The Morgan fingerprint density at radius 1 is 1.44 bits per heavy atom. The Hall–Kier alpha value is -2.02. The van der Waals surface area contributed by atoms with Crippen LogP contribution in [0.1, 0.15) is 5.76 Å². The molecule has 2 amide bonds. The molecule has 7 heteroatoms. The standard InChI is InChI=1S/C9H12N2O5/c12-7(8(13)14)5-11-9(15)10-4-6-2-1-3-16-6/h1-3,7,12H,4-5H2,(H,13,14)(H2,10,11,15). The van der Waals surface area contributed by atoms with E-state index in [-0.39, 0.29) is 13.1 Å². The highest BCUT2D eigenvalue weighted by Gasteiger charge is 2.13. The van der Waals surface area contributed by atoms with Gasteiger partial charge in [-0.05, 0) is 12.1 Å². The van der Waals surface area contributed by atoms with Gasteiger partial charge in [-0.25, -0.2) is 9.59 Å². The van der Waals surface area contributed by atoms with Crippen LogP contribution in [0.2, 0.25) is 0 Å². The van der Waals surface area contributed by atoms with Crippen LogP contribution in [0.4, 0.5) is 4.79 Å². The number of urea groups is 1. The minimum atomic E-state index is -1.60. The van der Waals surface area contributed by atoms with Crippen LogP contribution < -0.4 is 10.6 Å². The predicted octanol–water partition coefficient (Wildman–Crippen LogP) is -0.476. The van der Waals surface area contributed by atoms with Gasteiger partial charge < -0.3 is 25.3 Å². The number of hydrogen-bond acceptors (Lipinski definition) is 4. The lowest BCUT2D eigenvalue weighted by molar-refractivity contribution is -0.146. The summed E-state index contributed by atoms with van der Waals surface area (Å²) in [5.74, 6) is -0.805. The fourth-order valence-corrected chi connectivity index (χ4v) is 0.920. The molecule has 0 saturated heterocycles. The van der Waals surface area contributed by atoms with Crippen molar-refractivity contribution in [2.45, 2.75) is 12.6 Å². The zero-order valence-corrected chi connectivity index (χ0v) is 8.34. The molecule has 7 nitrogen and oxygen atoms in total. The van der Waals surface area contributed by atoms with Gasteiger partial charge in [-0.2, -0.15) is 0 Å². The van der Waals surface area contributed by atoms with E-state index in [0.29, 0.717) is 5.76 Å². The van der Waals surface area contributed by atoms with Gasteiger partial charge in [0.25, 0.3) is 0 Å². The molecule has 0 aliphatic rings. The van der Waals surface area contributed by atoms with Gasteiger partial charge in [0.15, 0.2) is 6.10 Å². The summed E-state index contributed by atoms with van der Waals surface area (Å²) >= 11 is 0. The average Bonchev–Trinajstić information content (AvgIpc) is 2.75. The second-order valence-corrected chi connectivity index (χ2v) is 3.00. The number of aliphatic hydroxyl groups is 1. The molecule has 0 fully saturated rings. The molecule has 0 aromatic carbocycles. The Morgan fingerprint density at radius 2 is 2.19 bits per heavy atom. The number of carboxylic acid groups (broad SMARTS) is 1. The minimum Gasteiger partial charge on any atom is -0.479 e. The van der Waals surface area contributed by atoms with E-state index in [2.05, 4.69) is 10.6 Å². The number of carbonyl (C=O) groups is 2. The van der Waals surface area contributed by atoms with Crippen LogP contribution in [0, 0.1) is 0 Å². The number of carboxylic acids is 1. The first-order valence-electron chi connectivity index (χ1n) is 4.54. The fourth-order valence-electron chi connectivity index (χ4n) is 0.920. The van der Waals surface area contributed by atoms with Gasteiger partial charge in [0.05, 0.1) is 19.4 Å². The van der Waals surface area contributed by atoms with Crippen LogP contribution >= 0.6 is 0 Å². The number of aliphatic hydroxyl groups excluding tert-OH is 1. The topological polar surface area (TPSA) is 112 Å². The van der Waals surface area contributed by atoms with Crippen molar-refractivity contribution >= 4 is 12.0 Å². The van der Waals surface area contributed by atoms with Crippen LogP contribution in [-0.2, 0) is 11.3 Å². The number of amides is 2. The molecular formula is C9H12N2O5. The summed E-state index contributed by atoms with van der Waals surface area (Å²) in [4.78, 5) is 21.3. The maximum atomic E-state index is 11.1. The van der Waals surface area contributed by atoms with Crippen LogP contribution in [0.15, 0.2) is 22.8 Å². The van der Waals surface area contributed by atoms with Crippen molar-refractivity contribution in [3.05, 3.63) is 24.2 Å². The predicted molar refractivity (Wildman–Crippen MR) is 52.6 cm³/mol. The molecule has 1 atom stereocenters. The Morgan fingerprint density at radius 3 is 2.75 bits per heavy atom. The summed E-state index contributed by atoms with van der Waals surface area (Å²) in [6.07, 6.45) is -0.127. The Labute approximate surface area is 91.1 Å². The molecule has 1 aromatic heterocycles. The monoisotopic (exact) mass is 228 g/mol. The SMILES string of the molecule is O=C(NCc1ccco1)NCC(O)C(=O)O. The summed E-state index contributed by atoms with van der Waals surface area (Å²) in [6, 6.07) is 2.80. The van der Waals surface area contributed by atoms with Crippen molar-refractivity contribution in [1.29, 1.82) is 0 Å². The van der Waals surface area contributed by atoms with Gasteiger partial charge in [0.2, 0.25) is 0 Å². The van der Waals surface area contributed by atoms with Crippen LogP contribution in [-0.4, -0.2) is 34.9 Å². The number of hydrogen-bond donors (Lipinski definition) is 4. The van der Waals surface area contributed by atoms with Crippen molar-refractivity contribution in [3.63, 3.8) is 0 Å². The van der Waals surface area contributed by atoms with E-state index >= 15 is 0 Å². The van der Waals surface area contributed by atoms with E-state index in [1.165, 1.54) is 6.26 Å². The molecule has 0 saturated carbocycles. The highest BCUT2D eigenvalue weighted by atomic mass is 16.4. The van der Waals surface area contributed by atoms with Crippen molar-refractivity contribution in [3.8, 4) is 0 Å². The maximum Gasteiger partial charge on any atom is 0.334 e. The lowest BCUT2D eigenvalue weighted by atomic mass is 10.3. The Bertz CT molecular complexity index is 349. The Balaban J connectivity index is 2.19. The van der Waals surface area contributed by atoms with Crippen LogP contribution in [0.3, 0.4) is 0 Å². The van der Waals surface area contributed by atoms with Crippen LogP contribution in [0.5, 0.6) is 0 Å². The summed E-state index contributed by atoms with van der Waals surface area (Å²) in [7, 11) is 0. The van der Waals surface area contributed by atoms with Crippen molar-refractivity contribution in [1.82, 2.24) is 10.6 Å². The van der Waals surface area contributed by atoms with E-state index in [0.717, 1.165) is 0 Å². The molecular weight excluding hydrogens is 216 g/mol. The number of rotatable bonds is 5. The third-order valence-corrected chi connectivity index (χ3v) is 1.74. The molecule has 0 aliphatic heterocycles. The lowest BCUT2D eigenvalue weighted by Crippen LogP contribution is -2.41. The first-order valence-corrected chi connectivity index (χ1v) is 4.54. The zero-order valence-electron chi connectivity index (χ0n) is 8.34. The van der Waals surface area contributed by atoms with E-state index in [1.54, 1.807) is 12.1 Å². The van der Waals surface area contributed by atoms with E-state index in [9.17, 15) is 9.59 Å². The summed E-state index contributed by atoms with van der Waals surface area (Å²) in [6.45, 7) is -0.151. The lowest BCUT2D eigenvalue weighted by Gasteiger charge is -2.08. The second-order valence-electron chi connectivity index (χ2n) is 3.00. The molecule has 1 rings (SSSR count). The molecule has 4 N–H and O–H groups in total. The molecule has 16 heavy (non-hydrogen) atoms. The normalized spacial score (nSPS) is 11.8. The van der Waals surface area contributed by atoms with Gasteiger partial charge >= 0.3 is 12.0 Å². The third-order valence-electron chi connectivity index (χ3n) is 1.74. The van der Waals surface area contributed by atoms with Gasteiger partial charge in [-0.3, -0.25) is 0 Å². The first kappa shape index (κ1) is 12.1. The second kappa shape index (κ2) is 5.76. The average molecular weight is 228 g/mol. The van der Waals surface area contributed by atoms with Crippen molar-refractivity contribution in [2.75, 3.05) is 6.54 Å². The first-order chi connectivity index (χ1) is 7.59.